The molecule has 0 radical (unpaired) electrons. The molecule has 8 nitrogen and oxygen atoms in total. The van der Waals surface area contributed by atoms with Crippen LogP contribution >= 0.6 is 11.3 Å². The molecule has 2 aromatic carbocycles. The van der Waals surface area contributed by atoms with E-state index in [-0.39, 0.29) is 4.90 Å². The van der Waals surface area contributed by atoms with E-state index in [0.717, 1.165) is 46.9 Å². The van der Waals surface area contributed by atoms with Gasteiger partial charge >= 0.3 is 0 Å². The fourth-order valence-corrected chi connectivity index (χ4v) is 6.35. The summed E-state index contributed by atoms with van der Waals surface area (Å²) in [4.78, 5) is 8.90. The van der Waals surface area contributed by atoms with Crippen LogP contribution in [0.2, 0.25) is 0 Å². The van der Waals surface area contributed by atoms with Gasteiger partial charge in [-0.1, -0.05) is 57.2 Å². The average Bonchev–Trinajstić information content (AvgIpc) is 3.45. The molecule has 0 unspecified atom stereocenters. The van der Waals surface area contributed by atoms with Crippen molar-refractivity contribution in [3.05, 3.63) is 95.3 Å². The summed E-state index contributed by atoms with van der Waals surface area (Å²) in [6.07, 6.45) is 12.0. The van der Waals surface area contributed by atoms with Gasteiger partial charge in [-0.05, 0) is 73.8 Å². The van der Waals surface area contributed by atoms with Gasteiger partial charge in [0.2, 0.25) is 0 Å². The van der Waals surface area contributed by atoms with Crippen molar-refractivity contribution in [1.29, 1.82) is 0 Å². The molecule has 10 heteroatoms. The Morgan fingerprint density at radius 2 is 1.64 bits per heavy atom. The number of nitrogens with one attached hydrogen (secondary N) is 3. The number of hydrogen-bond donors (Lipinski definition) is 4. The summed E-state index contributed by atoms with van der Waals surface area (Å²) >= 11 is 1.56. The second-order valence-electron chi connectivity index (χ2n) is 10.4. The molecular weight excluding hydrogens is 567 g/mol. The molecule has 4 N–H and O–H groups in total. The number of unbranched alkanes of at least 4 members (excludes halogenated alkanes) is 5. The summed E-state index contributed by atoms with van der Waals surface area (Å²) < 4.78 is 28.6. The number of aryl methyl sites for hydroxylation is 1. The van der Waals surface area contributed by atoms with Gasteiger partial charge < -0.3 is 15.7 Å². The molecule has 0 aliphatic carbocycles. The molecular formula is C32H41N5O3S2. The molecule has 4 aromatic rings. The summed E-state index contributed by atoms with van der Waals surface area (Å²) in [5.41, 5.74) is 4.24. The van der Waals surface area contributed by atoms with Gasteiger partial charge in [-0.3, -0.25) is 9.71 Å². The Morgan fingerprint density at radius 3 is 2.38 bits per heavy atom. The van der Waals surface area contributed by atoms with Crippen LogP contribution in [0.4, 0.5) is 16.5 Å². The van der Waals surface area contributed by atoms with Crippen molar-refractivity contribution in [2.45, 2.75) is 69.3 Å². The number of aliphatic hydroxyl groups is 1. The molecule has 224 valence electrons. The van der Waals surface area contributed by atoms with Crippen LogP contribution in [0.3, 0.4) is 0 Å². The number of aliphatic hydroxyl groups excluding tert-OH is 1. The summed E-state index contributed by atoms with van der Waals surface area (Å²) in [7, 11) is -3.72. The molecule has 0 bridgehead atoms. The van der Waals surface area contributed by atoms with E-state index in [1.54, 1.807) is 66.2 Å². The van der Waals surface area contributed by atoms with E-state index in [1.807, 2.05) is 18.2 Å². The predicted octanol–water partition coefficient (Wildman–Crippen LogP) is 6.85. The highest BCUT2D eigenvalue weighted by Crippen LogP contribution is 2.24. The van der Waals surface area contributed by atoms with Crippen LogP contribution < -0.4 is 15.4 Å². The molecule has 0 amide bonds. The molecule has 0 saturated carbocycles. The topological polar surface area (TPSA) is 116 Å². The average molecular weight is 608 g/mol. The maximum absolute atomic E-state index is 13.0. The fourth-order valence-electron chi connectivity index (χ4n) is 4.52. The van der Waals surface area contributed by atoms with Crippen molar-refractivity contribution in [3.63, 3.8) is 0 Å². The number of rotatable bonds is 18. The normalized spacial score (nSPS) is 12.2. The van der Waals surface area contributed by atoms with E-state index < -0.39 is 16.1 Å². The van der Waals surface area contributed by atoms with Crippen molar-refractivity contribution in [1.82, 2.24) is 15.3 Å². The number of benzene rings is 2. The van der Waals surface area contributed by atoms with E-state index in [9.17, 15) is 13.5 Å². The van der Waals surface area contributed by atoms with Crippen LogP contribution in [0.1, 0.15) is 68.4 Å². The van der Waals surface area contributed by atoms with E-state index in [4.69, 9.17) is 0 Å². The third-order valence-corrected chi connectivity index (χ3v) is 9.16. The summed E-state index contributed by atoms with van der Waals surface area (Å²) in [6, 6.07) is 17.7. The molecule has 2 heterocycles. The van der Waals surface area contributed by atoms with Gasteiger partial charge in [0.1, 0.15) is 0 Å². The van der Waals surface area contributed by atoms with Crippen molar-refractivity contribution in [3.8, 4) is 0 Å². The van der Waals surface area contributed by atoms with Gasteiger partial charge in [0.15, 0.2) is 5.13 Å². The van der Waals surface area contributed by atoms with E-state index in [1.165, 1.54) is 32.1 Å². The lowest BCUT2D eigenvalue weighted by molar-refractivity contribution is 0.174. The standard InChI is InChI=1S/C32H41N5O3S2/c1-2-3-4-5-6-7-10-29-24-41-32(36-29)35-27-15-17-30(18-16-27)42(39,40)37-28-13-11-25(12-14-28)19-21-34-23-31(38)26-9-8-20-33-22-26/h8-9,11-18,20,22,24,31,34,37-38H,2-7,10,19,21,23H2,1H3,(H,35,36)/t31-/m0/s1. The molecule has 2 aromatic heterocycles. The van der Waals surface area contributed by atoms with Crippen LogP contribution in [-0.2, 0) is 22.9 Å². The first-order chi connectivity index (χ1) is 20.4. The van der Waals surface area contributed by atoms with E-state index >= 15 is 0 Å². The monoisotopic (exact) mass is 607 g/mol. The molecule has 1 atom stereocenters. The van der Waals surface area contributed by atoms with Gasteiger partial charge in [-0.25, -0.2) is 13.4 Å². The lowest BCUT2D eigenvalue weighted by Gasteiger charge is -2.12. The minimum Gasteiger partial charge on any atom is -0.387 e. The molecule has 42 heavy (non-hydrogen) atoms. The predicted molar refractivity (Wildman–Crippen MR) is 172 cm³/mol. The van der Waals surface area contributed by atoms with Crippen molar-refractivity contribution >= 4 is 37.9 Å². The zero-order valence-electron chi connectivity index (χ0n) is 24.1. The Labute approximate surface area is 253 Å². The first kappa shape index (κ1) is 31.6. The number of sulfonamides is 1. The third kappa shape index (κ3) is 10.2. The van der Waals surface area contributed by atoms with Crippen LogP contribution in [0.25, 0.3) is 0 Å². The Bertz CT molecular complexity index is 1440. The third-order valence-electron chi connectivity index (χ3n) is 6.96. The quantitative estimate of drug-likeness (QED) is 0.0914. The van der Waals surface area contributed by atoms with Gasteiger partial charge in [0.05, 0.1) is 16.7 Å². The minimum absolute atomic E-state index is 0.191. The highest BCUT2D eigenvalue weighted by Gasteiger charge is 2.14. The number of nitrogens with zero attached hydrogens (tertiary/aromatic N) is 2. The van der Waals surface area contributed by atoms with E-state index in [2.05, 4.69) is 37.6 Å². The zero-order valence-corrected chi connectivity index (χ0v) is 25.8. The maximum atomic E-state index is 13.0. The van der Waals surface area contributed by atoms with Crippen molar-refractivity contribution in [2.24, 2.45) is 0 Å². The van der Waals surface area contributed by atoms with Crippen LogP contribution in [-0.4, -0.2) is 36.6 Å². The molecule has 0 saturated heterocycles. The molecule has 0 spiro atoms. The molecule has 0 fully saturated rings. The number of hydrogen-bond acceptors (Lipinski definition) is 8. The highest BCUT2D eigenvalue weighted by atomic mass is 32.2. The minimum atomic E-state index is -3.72. The first-order valence-corrected chi connectivity index (χ1v) is 17.0. The smallest absolute Gasteiger partial charge is 0.261 e. The number of pyridine rings is 1. The number of thiazole rings is 1. The van der Waals surface area contributed by atoms with E-state index in [0.29, 0.717) is 18.8 Å². The summed E-state index contributed by atoms with van der Waals surface area (Å²) in [5, 5.41) is 19.6. The lowest BCUT2D eigenvalue weighted by Crippen LogP contribution is -2.23. The van der Waals surface area contributed by atoms with Gasteiger partial charge in [-0.2, -0.15) is 0 Å². The molecule has 4 rings (SSSR count). The second-order valence-corrected chi connectivity index (χ2v) is 12.9. The Balaban J connectivity index is 1.20. The SMILES string of the molecule is CCCCCCCCc1csc(Nc2ccc(S(=O)(=O)Nc3ccc(CCNC[C@H](O)c4cccnc4)cc3)cc2)n1. The lowest BCUT2D eigenvalue weighted by atomic mass is 10.1. The summed E-state index contributed by atoms with van der Waals surface area (Å²) in [5.74, 6) is 0. The summed E-state index contributed by atoms with van der Waals surface area (Å²) in [6.45, 7) is 3.35. The van der Waals surface area contributed by atoms with Gasteiger partial charge in [0.25, 0.3) is 10.0 Å². The molecule has 0 aliphatic rings. The van der Waals surface area contributed by atoms with Crippen LogP contribution in [0.5, 0.6) is 0 Å². The highest BCUT2D eigenvalue weighted by molar-refractivity contribution is 7.92. The Hall–Kier alpha value is -3.31. The number of aromatic nitrogens is 2. The van der Waals surface area contributed by atoms with Crippen molar-refractivity contribution < 1.29 is 13.5 Å². The number of anilines is 3. The molecule has 0 aliphatic heterocycles. The van der Waals surface area contributed by atoms with Crippen LogP contribution in [0.15, 0.2) is 83.3 Å². The zero-order chi connectivity index (χ0) is 29.6. The van der Waals surface area contributed by atoms with Gasteiger partial charge in [0, 0.05) is 41.3 Å². The Kier molecular flexibility index (Phi) is 12.3. The fraction of sp³-hybridized carbons (Fsp3) is 0.375. The van der Waals surface area contributed by atoms with Crippen molar-refractivity contribution in [2.75, 3.05) is 23.1 Å². The largest absolute Gasteiger partial charge is 0.387 e. The maximum Gasteiger partial charge on any atom is 0.261 e. The second kappa shape index (κ2) is 16.4. The van der Waals surface area contributed by atoms with Crippen LogP contribution in [0, 0.1) is 0 Å². The van der Waals surface area contributed by atoms with Gasteiger partial charge in [-0.15, -0.1) is 11.3 Å². The first-order valence-electron chi connectivity index (χ1n) is 14.6. The Morgan fingerprint density at radius 1 is 0.905 bits per heavy atom.